The van der Waals surface area contributed by atoms with Gasteiger partial charge in [-0.05, 0) is 26.7 Å². The Morgan fingerprint density at radius 1 is 1.11 bits per heavy atom. The fourth-order valence-corrected chi connectivity index (χ4v) is 3.12. The molecule has 0 radical (unpaired) electrons. The third-order valence-electron chi connectivity index (χ3n) is 4.31. The van der Waals surface area contributed by atoms with Crippen LogP contribution in [0.1, 0.15) is 47.0 Å². The Labute approximate surface area is 163 Å². The van der Waals surface area contributed by atoms with E-state index in [0.29, 0.717) is 30.6 Å². The van der Waals surface area contributed by atoms with E-state index in [1.807, 2.05) is 21.0 Å². The largest absolute Gasteiger partial charge is 0.748 e. The number of carbonyl (C=O) groups excluding carboxylic acids is 2. The smallest absolute Gasteiger partial charge is 0.311 e. The van der Waals surface area contributed by atoms with E-state index >= 15 is 0 Å². The van der Waals surface area contributed by atoms with E-state index in [1.165, 1.54) is 0 Å². The number of likely N-dealkylation sites (N-methyl/N-ethyl adjacent to an activating group) is 1. The molecule has 0 aliphatic carbocycles. The molecule has 1 atom stereocenters. The quantitative estimate of drug-likeness (QED) is 0.258. The van der Waals surface area contributed by atoms with Crippen molar-refractivity contribution in [3.05, 3.63) is 0 Å². The van der Waals surface area contributed by atoms with E-state index in [0.717, 1.165) is 6.42 Å². The van der Waals surface area contributed by atoms with Crippen LogP contribution in [0.3, 0.4) is 0 Å². The number of hydrogen-bond donors (Lipinski definition) is 0. The number of hydrogen-bond acceptors (Lipinski definition) is 7. The Hall–Kier alpha value is -1.19. The van der Waals surface area contributed by atoms with E-state index in [9.17, 15) is 22.6 Å². The van der Waals surface area contributed by atoms with E-state index in [2.05, 4.69) is 0 Å². The highest BCUT2D eigenvalue weighted by atomic mass is 32.2. The maximum Gasteiger partial charge on any atom is 0.311 e. The molecule has 0 fully saturated rings. The lowest BCUT2D eigenvalue weighted by molar-refractivity contribution is -0.890. The van der Waals surface area contributed by atoms with Gasteiger partial charge in [0, 0.05) is 12.2 Å². The molecule has 0 amide bonds. The first kappa shape index (κ1) is 25.8. The summed E-state index contributed by atoms with van der Waals surface area (Å²) in [6.07, 6.45) is 1.34. The molecule has 8 nitrogen and oxygen atoms in total. The predicted octanol–water partition coefficient (Wildman–Crippen LogP) is 1.55. The van der Waals surface area contributed by atoms with E-state index in [1.54, 1.807) is 20.8 Å². The Morgan fingerprint density at radius 2 is 1.70 bits per heavy atom. The molecule has 0 aromatic rings. The van der Waals surface area contributed by atoms with Crippen LogP contribution in [0.25, 0.3) is 0 Å². The molecule has 160 valence electrons. The summed E-state index contributed by atoms with van der Waals surface area (Å²) >= 11 is 0. The maximum atomic E-state index is 12.4. The van der Waals surface area contributed by atoms with Crippen LogP contribution < -0.4 is 0 Å². The molecule has 0 bridgehead atoms. The highest BCUT2D eigenvalue weighted by Gasteiger charge is 2.34. The minimum Gasteiger partial charge on any atom is -0.748 e. The first-order valence-corrected chi connectivity index (χ1v) is 10.9. The van der Waals surface area contributed by atoms with E-state index in [4.69, 9.17) is 9.47 Å². The van der Waals surface area contributed by atoms with Gasteiger partial charge in [0.25, 0.3) is 0 Å². The van der Waals surface area contributed by atoms with Gasteiger partial charge in [0.2, 0.25) is 0 Å². The van der Waals surface area contributed by atoms with Crippen molar-refractivity contribution in [2.45, 2.75) is 47.0 Å². The maximum absolute atomic E-state index is 12.4. The predicted molar refractivity (Wildman–Crippen MR) is 101 cm³/mol. The van der Waals surface area contributed by atoms with Crippen LogP contribution in [0.4, 0.5) is 0 Å². The van der Waals surface area contributed by atoms with Crippen LogP contribution in [0, 0.1) is 11.3 Å². The average Bonchev–Trinajstić information content (AvgIpc) is 2.50. The van der Waals surface area contributed by atoms with Crippen LogP contribution in [0.2, 0.25) is 0 Å². The number of nitrogens with zero attached hydrogens (tertiary/aromatic N) is 1. The van der Waals surface area contributed by atoms with E-state index in [-0.39, 0.29) is 25.0 Å². The number of rotatable bonds is 13. The Morgan fingerprint density at radius 3 is 2.22 bits per heavy atom. The van der Waals surface area contributed by atoms with Crippen molar-refractivity contribution in [2.75, 3.05) is 46.2 Å². The zero-order valence-electron chi connectivity index (χ0n) is 17.4. The number of esters is 2. The highest BCUT2D eigenvalue weighted by molar-refractivity contribution is 7.85. The summed E-state index contributed by atoms with van der Waals surface area (Å²) in [6.45, 7) is 8.65. The van der Waals surface area contributed by atoms with Gasteiger partial charge in [-0.2, -0.15) is 0 Å². The van der Waals surface area contributed by atoms with Gasteiger partial charge in [0.1, 0.15) is 13.2 Å². The summed E-state index contributed by atoms with van der Waals surface area (Å²) in [5.74, 6) is -1.50. The van der Waals surface area contributed by atoms with Crippen molar-refractivity contribution in [3.8, 4) is 0 Å². The third kappa shape index (κ3) is 12.0. The Balaban J connectivity index is 4.39. The molecule has 0 aromatic carbocycles. The molecule has 0 saturated heterocycles. The summed E-state index contributed by atoms with van der Waals surface area (Å²) in [5.41, 5.74) is -0.821. The molecule has 0 N–H and O–H groups in total. The molecule has 27 heavy (non-hydrogen) atoms. The normalized spacial score (nSPS) is 13.9. The van der Waals surface area contributed by atoms with Gasteiger partial charge in [-0.3, -0.25) is 9.59 Å². The summed E-state index contributed by atoms with van der Waals surface area (Å²) in [4.78, 5) is 24.2. The first-order valence-electron chi connectivity index (χ1n) is 9.29. The lowest BCUT2D eigenvalue weighted by Crippen LogP contribution is -2.44. The van der Waals surface area contributed by atoms with Crippen molar-refractivity contribution in [1.82, 2.24) is 0 Å². The Bertz CT molecular complexity index is 585. The van der Waals surface area contributed by atoms with Crippen molar-refractivity contribution in [1.29, 1.82) is 0 Å². The van der Waals surface area contributed by atoms with Crippen LogP contribution in [0.5, 0.6) is 0 Å². The molecule has 0 saturated carbocycles. The van der Waals surface area contributed by atoms with Crippen LogP contribution >= 0.6 is 0 Å². The van der Waals surface area contributed by atoms with Crippen molar-refractivity contribution in [2.24, 2.45) is 11.3 Å². The summed E-state index contributed by atoms with van der Waals surface area (Å²) in [5, 5.41) is 0. The van der Waals surface area contributed by atoms with Crippen LogP contribution in [-0.4, -0.2) is 75.5 Å². The third-order valence-corrected chi connectivity index (χ3v) is 5.10. The molecule has 1 unspecified atom stereocenters. The van der Waals surface area contributed by atoms with Crippen molar-refractivity contribution < 1.29 is 36.5 Å². The SMILES string of the molecule is CCCOC(=O)C(C)CC(C)(C)C(=O)OCC[N+](C)(C)CCCS(=O)(=O)[O-]. The second-order valence-corrected chi connectivity index (χ2v) is 9.81. The summed E-state index contributed by atoms with van der Waals surface area (Å²) in [6, 6.07) is 0. The number of ether oxygens (including phenoxy) is 2. The van der Waals surface area contributed by atoms with Gasteiger partial charge in [0.05, 0.1) is 48.7 Å². The summed E-state index contributed by atoms with van der Waals surface area (Å²) in [7, 11) is -0.453. The van der Waals surface area contributed by atoms with Crippen molar-refractivity contribution in [3.63, 3.8) is 0 Å². The van der Waals surface area contributed by atoms with Gasteiger partial charge in [-0.15, -0.1) is 0 Å². The van der Waals surface area contributed by atoms with Gasteiger partial charge in [0.15, 0.2) is 0 Å². The molecule has 0 aliphatic heterocycles. The lowest BCUT2D eigenvalue weighted by Gasteiger charge is -2.31. The van der Waals surface area contributed by atoms with Gasteiger partial charge in [-0.1, -0.05) is 13.8 Å². The molecule has 0 aromatic heterocycles. The second-order valence-electron chi connectivity index (χ2n) is 8.29. The molecular formula is C18H35NO7S. The van der Waals surface area contributed by atoms with Crippen LogP contribution in [0.15, 0.2) is 0 Å². The monoisotopic (exact) mass is 409 g/mol. The molecule has 0 spiro atoms. The molecular weight excluding hydrogens is 374 g/mol. The fourth-order valence-electron chi connectivity index (χ4n) is 2.64. The number of quaternary nitrogens is 1. The highest BCUT2D eigenvalue weighted by Crippen LogP contribution is 2.27. The minimum absolute atomic E-state index is 0.175. The first-order chi connectivity index (χ1) is 12.2. The standard InChI is InChI=1S/C18H35NO7S/c1-7-11-25-16(20)15(2)14-18(3,4)17(21)26-12-10-19(5,6)9-8-13-27(22,23)24/h15H,7-14H2,1-6H3. The zero-order valence-corrected chi connectivity index (χ0v) is 18.3. The molecule has 0 rings (SSSR count). The molecule has 9 heteroatoms. The fraction of sp³-hybridized carbons (Fsp3) is 0.889. The number of carbonyl (C=O) groups is 2. The van der Waals surface area contributed by atoms with Gasteiger partial charge >= 0.3 is 11.9 Å². The average molecular weight is 410 g/mol. The second kappa shape index (κ2) is 11.0. The van der Waals surface area contributed by atoms with Gasteiger partial charge < -0.3 is 18.5 Å². The van der Waals surface area contributed by atoms with Crippen molar-refractivity contribution >= 4 is 22.1 Å². The topological polar surface area (TPSA) is 110 Å². The summed E-state index contributed by atoms with van der Waals surface area (Å²) < 4.78 is 42.9. The Kier molecular flexibility index (Phi) is 10.5. The van der Waals surface area contributed by atoms with Gasteiger partial charge in [-0.25, -0.2) is 8.42 Å². The molecule has 0 heterocycles. The lowest BCUT2D eigenvalue weighted by atomic mass is 9.83. The molecule has 0 aliphatic rings. The minimum atomic E-state index is -4.21. The van der Waals surface area contributed by atoms with Crippen LogP contribution in [-0.2, 0) is 29.2 Å². The zero-order chi connectivity index (χ0) is 21.3. The van der Waals surface area contributed by atoms with E-state index < -0.39 is 27.2 Å².